The Morgan fingerprint density at radius 3 is 2.60 bits per heavy atom. The number of ketones is 1. The van der Waals surface area contributed by atoms with Crippen LogP contribution in [0.2, 0.25) is 0 Å². The number of nitrogens with zero attached hydrogens (tertiary/aromatic N) is 1. The van der Waals surface area contributed by atoms with Crippen LogP contribution in [0.1, 0.15) is 52.4 Å². The highest BCUT2D eigenvalue weighted by atomic mass is 16.3. The molecule has 0 bridgehead atoms. The maximum atomic E-state index is 12.5. The second kappa shape index (κ2) is 6.86. The van der Waals surface area contributed by atoms with E-state index in [1.165, 1.54) is 5.57 Å². The average Bonchev–Trinajstić information content (AvgIpc) is 2.39. The lowest BCUT2D eigenvalue weighted by Gasteiger charge is -2.34. The number of allylic oxidation sites excluding steroid dienone is 2. The Morgan fingerprint density at radius 1 is 1.35 bits per heavy atom. The van der Waals surface area contributed by atoms with E-state index < -0.39 is 0 Å². The summed E-state index contributed by atoms with van der Waals surface area (Å²) in [6.07, 6.45) is 7.89. The lowest BCUT2D eigenvalue weighted by Crippen LogP contribution is -2.41. The van der Waals surface area contributed by atoms with Gasteiger partial charge >= 0.3 is 0 Å². The molecule has 1 saturated carbocycles. The summed E-state index contributed by atoms with van der Waals surface area (Å²) in [5, 5.41) is 9.56. The maximum Gasteiger partial charge on any atom is 0.150 e. The third-order valence-electron chi connectivity index (χ3n) is 5.16. The molecule has 0 aliphatic heterocycles. The van der Waals surface area contributed by atoms with E-state index in [1.807, 2.05) is 0 Å². The normalized spacial score (nSPS) is 35.0. The molecule has 2 aliphatic carbocycles. The minimum atomic E-state index is -0.123. The number of hydrogen-bond donors (Lipinski definition) is 1. The minimum absolute atomic E-state index is 0.123. The van der Waals surface area contributed by atoms with Gasteiger partial charge in [0, 0.05) is 12.0 Å². The zero-order valence-electron chi connectivity index (χ0n) is 13.1. The number of carbonyl (C=O) groups excluding carboxylic acids is 1. The summed E-state index contributed by atoms with van der Waals surface area (Å²) >= 11 is 0. The van der Waals surface area contributed by atoms with Crippen LogP contribution in [-0.4, -0.2) is 41.5 Å². The number of likely N-dealkylation sites (N-methyl/N-ethyl adjacent to an activating group) is 1. The Morgan fingerprint density at radius 2 is 2.00 bits per heavy atom. The van der Waals surface area contributed by atoms with Crippen LogP contribution in [0.25, 0.3) is 0 Å². The number of carbonyl (C=O) groups is 1. The highest BCUT2D eigenvalue weighted by Crippen LogP contribution is 2.30. The molecule has 20 heavy (non-hydrogen) atoms. The topological polar surface area (TPSA) is 40.5 Å². The van der Waals surface area contributed by atoms with Crippen LogP contribution in [0.15, 0.2) is 11.6 Å². The van der Waals surface area contributed by atoms with Crippen molar-refractivity contribution in [1.29, 1.82) is 0 Å². The highest BCUT2D eigenvalue weighted by molar-refractivity contribution is 5.83. The lowest BCUT2D eigenvalue weighted by atomic mass is 9.78. The van der Waals surface area contributed by atoms with Gasteiger partial charge in [-0.2, -0.15) is 0 Å². The Bertz CT molecular complexity index is 369. The molecule has 0 unspecified atom stereocenters. The summed E-state index contributed by atoms with van der Waals surface area (Å²) in [5.41, 5.74) is 1.43. The van der Waals surface area contributed by atoms with E-state index in [1.54, 1.807) is 0 Å². The van der Waals surface area contributed by atoms with E-state index in [-0.39, 0.29) is 12.0 Å². The van der Waals surface area contributed by atoms with Crippen LogP contribution in [0, 0.1) is 11.8 Å². The van der Waals surface area contributed by atoms with E-state index in [4.69, 9.17) is 0 Å². The van der Waals surface area contributed by atoms with Crippen LogP contribution in [-0.2, 0) is 4.79 Å². The largest absolute Gasteiger partial charge is 0.393 e. The average molecular weight is 279 g/mol. The van der Waals surface area contributed by atoms with Gasteiger partial charge < -0.3 is 5.11 Å². The Labute approximate surface area is 123 Å². The number of aliphatic hydroxyl groups is 1. The third-order valence-corrected chi connectivity index (χ3v) is 5.16. The first-order valence-corrected chi connectivity index (χ1v) is 8.04. The van der Waals surface area contributed by atoms with Crippen LogP contribution in [0.5, 0.6) is 0 Å². The van der Waals surface area contributed by atoms with Crippen molar-refractivity contribution >= 4 is 5.78 Å². The molecule has 0 amide bonds. The molecule has 2 aliphatic rings. The van der Waals surface area contributed by atoms with Crippen molar-refractivity contribution in [1.82, 2.24) is 4.90 Å². The van der Waals surface area contributed by atoms with E-state index >= 15 is 0 Å². The summed E-state index contributed by atoms with van der Waals surface area (Å²) in [4.78, 5) is 14.7. The van der Waals surface area contributed by atoms with Gasteiger partial charge in [-0.25, -0.2) is 0 Å². The van der Waals surface area contributed by atoms with Gasteiger partial charge in [0.15, 0.2) is 0 Å². The van der Waals surface area contributed by atoms with Crippen LogP contribution in [0.3, 0.4) is 0 Å². The van der Waals surface area contributed by atoms with Gasteiger partial charge in [0.25, 0.3) is 0 Å². The molecule has 0 spiro atoms. The predicted molar refractivity (Wildman–Crippen MR) is 81.5 cm³/mol. The first-order valence-electron chi connectivity index (χ1n) is 8.04. The molecule has 0 radical (unpaired) electrons. The zero-order chi connectivity index (χ0) is 14.7. The first-order chi connectivity index (χ1) is 9.47. The quantitative estimate of drug-likeness (QED) is 0.805. The fourth-order valence-electron chi connectivity index (χ4n) is 3.73. The Hall–Kier alpha value is -0.670. The monoisotopic (exact) mass is 279 g/mol. The van der Waals surface area contributed by atoms with Gasteiger partial charge in [-0.05, 0) is 58.4 Å². The Kier molecular flexibility index (Phi) is 5.39. The molecule has 2 atom stereocenters. The SMILES string of the molecule is CC1=CC[C@@H](C(=O)CN(C)C2CCC(O)CC2)[C@H](C)C1. The first kappa shape index (κ1) is 15.7. The van der Waals surface area contributed by atoms with Crippen molar-refractivity contribution in [2.45, 2.75) is 64.5 Å². The second-order valence-corrected chi connectivity index (χ2v) is 6.92. The van der Waals surface area contributed by atoms with Gasteiger partial charge in [-0.1, -0.05) is 18.6 Å². The Balaban J connectivity index is 1.84. The number of rotatable bonds is 4. The van der Waals surface area contributed by atoms with Crippen LogP contribution in [0.4, 0.5) is 0 Å². The van der Waals surface area contributed by atoms with Crippen molar-refractivity contribution in [3.05, 3.63) is 11.6 Å². The molecule has 0 aromatic rings. The van der Waals surface area contributed by atoms with Crippen molar-refractivity contribution in [3.63, 3.8) is 0 Å². The van der Waals surface area contributed by atoms with Crippen LogP contribution < -0.4 is 0 Å². The summed E-state index contributed by atoms with van der Waals surface area (Å²) in [5.74, 6) is 1.08. The second-order valence-electron chi connectivity index (χ2n) is 6.92. The fraction of sp³-hybridized carbons (Fsp3) is 0.824. The van der Waals surface area contributed by atoms with E-state index in [0.29, 0.717) is 24.3 Å². The highest BCUT2D eigenvalue weighted by Gasteiger charge is 2.30. The third kappa shape index (κ3) is 3.92. The van der Waals surface area contributed by atoms with Crippen molar-refractivity contribution in [3.8, 4) is 0 Å². The zero-order valence-corrected chi connectivity index (χ0v) is 13.1. The molecule has 0 aromatic carbocycles. The molecule has 1 fully saturated rings. The van der Waals surface area contributed by atoms with E-state index in [9.17, 15) is 9.90 Å². The molecule has 3 heteroatoms. The van der Waals surface area contributed by atoms with Crippen molar-refractivity contribution in [2.24, 2.45) is 11.8 Å². The lowest BCUT2D eigenvalue weighted by molar-refractivity contribution is -0.126. The smallest absolute Gasteiger partial charge is 0.150 e. The molecule has 0 aromatic heterocycles. The van der Waals surface area contributed by atoms with Crippen molar-refractivity contribution in [2.75, 3.05) is 13.6 Å². The van der Waals surface area contributed by atoms with Gasteiger partial charge in [-0.3, -0.25) is 9.69 Å². The fourth-order valence-corrected chi connectivity index (χ4v) is 3.73. The predicted octanol–water partition coefficient (Wildman–Crippen LogP) is 2.78. The minimum Gasteiger partial charge on any atom is -0.393 e. The van der Waals surface area contributed by atoms with Gasteiger partial charge in [-0.15, -0.1) is 0 Å². The van der Waals surface area contributed by atoms with Gasteiger partial charge in [0.1, 0.15) is 5.78 Å². The van der Waals surface area contributed by atoms with E-state index in [2.05, 4.69) is 31.9 Å². The number of hydrogen-bond acceptors (Lipinski definition) is 3. The van der Waals surface area contributed by atoms with Gasteiger partial charge in [0.05, 0.1) is 12.6 Å². The molecule has 0 heterocycles. The van der Waals surface area contributed by atoms with Gasteiger partial charge in [0.2, 0.25) is 0 Å². The summed E-state index contributed by atoms with van der Waals surface area (Å²) in [7, 11) is 2.06. The molecular weight excluding hydrogens is 250 g/mol. The number of aliphatic hydroxyl groups excluding tert-OH is 1. The molecule has 0 saturated heterocycles. The maximum absolute atomic E-state index is 12.5. The van der Waals surface area contributed by atoms with Crippen molar-refractivity contribution < 1.29 is 9.90 Å². The summed E-state index contributed by atoms with van der Waals surface area (Å²) in [6.45, 7) is 4.94. The molecular formula is C17H29NO2. The summed E-state index contributed by atoms with van der Waals surface area (Å²) < 4.78 is 0. The standard InChI is InChI=1S/C17H29NO2/c1-12-4-9-16(13(2)10-12)17(20)11-18(3)14-5-7-15(19)8-6-14/h4,13-16,19H,5-11H2,1-3H3/t13-,14?,15?,16-/m1/s1. The molecule has 3 nitrogen and oxygen atoms in total. The van der Waals surface area contributed by atoms with E-state index in [0.717, 1.165) is 38.5 Å². The van der Waals surface area contributed by atoms with Crippen LogP contribution >= 0.6 is 0 Å². The molecule has 2 rings (SSSR count). The summed E-state index contributed by atoms with van der Waals surface area (Å²) in [6, 6.07) is 0.471. The molecule has 1 N–H and O–H groups in total. The molecule has 114 valence electrons. The number of Topliss-reactive ketones (excluding diaryl/α,β-unsaturated/α-hetero) is 1.